The normalized spacial score (nSPS) is 12.3. The Labute approximate surface area is 196 Å². The van der Waals surface area contributed by atoms with Gasteiger partial charge in [-0.3, -0.25) is 29.8 Å². The van der Waals surface area contributed by atoms with Crippen molar-refractivity contribution >= 4 is 34.8 Å². The number of anilines is 1. The first-order valence-corrected chi connectivity index (χ1v) is 9.97. The topological polar surface area (TPSA) is 159 Å². The van der Waals surface area contributed by atoms with Crippen molar-refractivity contribution in [3.8, 4) is 5.75 Å². The lowest BCUT2D eigenvalue weighted by atomic mass is 10.1. The standard InChI is InChI=1S/C23H15N3O9/c1-34-15-7-9-19(20(11-15)26(32)33)24-21(27)16-8-6-13(10-17(16)22(24)28)23(29)35-12-14-4-2-3-5-18(14)25(30)31/h2-11H,12H2,1H3. The number of carbonyl (C=O) groups is 3. The van der Waals surface area contributed by atoms with E-state index in [1.165, 1.54) is 49.6 Å². The third-order valence-electron chi connectivity index (χ3n) is 5.29. The van der Waals surface area contributed by atoms with E-state index < -0.39 is 33.3 Å². The molecule has 0 saturated heterocycles. The summed E-state index contributed by atoms with van der Waals surface area (Å²) in [5.74, 6) is -2.36. The van der Waals surface area contributed by atoms with Crippen LogP contribution in [0.5, 0.6) is 5.75 Å². The van der Waals surface area contributed by atoms with Gasteiger partial charge in [-0.15, -0.1) is 0 Å². The maximum Gasteiger partial charge on any atom is 0.338 e. The summed E-state index contributed by atoms with van der Waals surface area (Å²) < 4.78 is 10.1. The molecule has 0 radical (unpaired) electrons. The summed E-state index contributed by atoms with van der Waals surface area (Å²) in [6, 6.07) is 13.1. The van der Waals surface area contributed by atoms with Crippen LogP contribution in [0, 0.1) is 20.2 Å². The molecule has 12 nitrogen and oxygen atoms in total. The molecular formula is C23H15N3O9. The van der Waals surface area contributed by atoms with Gasteiger partial charge in [0.2, 0.25) is 0 Å². The number of fused-ring (bicyclic) bond motifs is 1. The molecule has 0 spiro atoms. The fraction of sp³-hybridized carbons (Fsp3) is 0.0870. The molecule has 0 N–H and O–H groups in total. The average Bonchev–Trinajstić information content (AvgIpc) is 3.11. The van der Waals surface area contributed by atoms with Gasteiger partial charge in [0.15, 0.2) is 0 Å². The molecule has 0 unspecified atom stereocenters. The quantitative estimate of drug-likeness (QED) is 0.214. The number of hydrogen-bond acceptors (Lipinski definition) is 9. The molecule has 1 aliphatic heterocycles. The molecule has 0 aromatic heterocycles. The average molecular weight is 477 g/mol. The Morgan fingerprint density at radius 3 is 2.26 bits per heavy atom. The van der Waals surface area contributed by atoms with E-state index in [1.807, 2.05) is 0 Å². The van der Waals surface area contributed by atoms with Crippen molar-refractivity contribution in [2.45, 2.75) is 6.61 Å². The Hall–Kier alpha value is -5.13. The van der Waals surface area contributed by atoms with E-state index in [4.69, 9.17) is 9.47 Å². The van der Waals surface area contributed by atoms with Crippen LogP contribution >= 0.6 is 0 Å². The monoisotopic (exact) mass is 477 g/mol. The highest BCUT2D eigenvalue weighted by molar-refractivity contribution is 6.35. The Morgan fingerprint density at radius 1 is 0.886 bits per heavy atom. The molecule has 0 atom stereocenters. The van der Waals surface area contributed by atoms with Crippen molar-refractivity contribution in [2.24, 2.45) is 0 Å². The molecule has 0 bridgehead atoms. The highest BCUT2D eigenvalue weighted by Gasteiger charge is 2.40. The predicted molar refractivity (Wildman–Crippen MR) is 119 cm³/mol. The van der Waals surface area contributed by atoms with Crippen molar-refractivity contribution in [2.75, 3.05) is 12.0 Å². The van der Waals surface area contributed by atoms with Gasteiger partial charge in [0.25, 0.3) is 23.2 Å². The smallest absolute Gasteiger partial charge is 0.338 e. The van der Waals surface area contributed by atoms with Crippen LogP contribution in [-0.4, -0.2) is 34.7 Å². The molecule has 0 aliphatic carbocycles. The molecule has 1 aliphatic rings. The second-order valence-corrected chi connectivity index (χ2v) is 7.28. The molecule has 1 heterocycles. The first-order valence-electron chi connectivity index (χ1n) is 9.97. The second-order valence-electron chi connectivity index (χ2n) is 7.28. The number of methoxy groups -OCH3 is 1. The second kappa shape index (κ2) is 9.02. The van der Waals surface area contributed by atoms with Crippen LogP contribution in [0.4, 0.5) is 17.1 Å². The Balaban J connectivity index is 1.61. The number of ether oxygens (including phenoxy) is 2. The summed E-state index contributed by atoms with van der Waals surface area (Å²) in [6.07, 6.45) is 0. The maximum absolute atomic E-state index is 13.0. The summed E-state index contributed by atoms with van der Waals surface area (Å²) >= 11 is 0. The Morgan fingerprint density at radius 2 is 1.57 bits per heavy atom. The number of imide groups is 1. The number of nitro benzene ring substituents is 2. The minimum atomic E-state index is -0.875. The molecule has 4 rings (SSSR count). The van der Waals surface area contributed by atoms with Gasteiger partial charge in [-0.25, -0.2) is 9.69 Å². The van der Waals surface area contributed by atoms with Crippen molar-refractivity contribution in [3.63, 3.8) is 0 Å². The summed E-state index contributed by atoms with van der Waals surface area (Å²) in [5.41, 5.74) is -1.06. The lowest BCUT2D eigenvalue weighted by molar-refractivity contribution is -0.385. The van der Waals surface area contributed by atoms with Crippen LogP contribution in [0.25, 0.3) is 0 Å². The SMILES string of the molecule is COc1ccc(N2C(=O)c3ccc(C(=O)OCc4ccccc4[N+](=O)[O-])cc3C2=O)c([N+](=O)[O-])c1. The largest absolute Gasteiger partial charge is 0.496 e. The fourth-order valence-electron chi connectivity index (χ4n) is 3.59. The molecule has 0 fully saturated rings. The fourth-order valence-corrected chi connectivity index (χ4v) is 3.59. The van der Waals surface area contributed by atoms with Gasteiger partial charge in [-0.1, -0.05) is 12.1 Å². The van der Waals surface area contributed by atoms with Gasteiger partial charge in [0.05, 0.1) is 45.3 Å². The first-order chi connectivity index (χ1) is 16.7. The minimum absolute atomic E-state index is 0.0460. The number of para-hydroxylation sites is 1. The number of benzene rings is 3. The summed E-state index contributed by atoms with van der Waals surface area (Å²) in [6.45, 7) is -0.385. The van der Waals surface area contributed by atoms with Crippen LogP contribution < -0.4 is 9.64 Å². The van der Waals surface area contributed by atoms with Gasteiger partial charge in [0.1, 0.15) is 18.0 Å². The van der Waals surface area contributed by atoms with Gasteiger partial charge in [0, 0.05) is 6.07 Å². The number of nitro groups is 2. The number of rotatable bonds is 7. The van der Waals surface area contributed by atoms with Crippen molar-refractivity contribution < 1.29 is 33.7 Å². The van der Waals surface area contributed by atoms with E-state index in [-0.39, 0.29) is 46.0 Å². The van der Waals surface area contributed by atoms with Crippen LogP contribution in [-0.2, 0) is 11.3 Å². The molecule has 176 valence electrons. The van der Waals surface area contributed by atoms with Crippen LogP contribution in [0.3, 0.4) is 0 Å². The van der Waals surface area contributed by atoms with Gasteiger partial charge < -0.3 is 9.47 Å². The summed E-state index contributed by atoms with van der Waals surface area (Å²) in [5, 5.41) is 22.7. The van der Waals surface area contributed by atoms with Crippen LogP contribution in [0.15, 0.2) is 60.7 Å². The summed E-state index contributed by atoms with van der Waals surface area (Å²) in [4.78, 5) is 60.4. The van der Waals surface area contributed by atoms with Gasteiger partial charge >= 0.3 is 5.97 Å². The molecule has 3 aromatic rings. The zero-order valence-electron chi connectivity index (χ0n) is 18.0. The van der Waals surface area contributed by atoms with Crippen molar-refractivity contribution in [1.29, 1.82) is 0 Å². The van der Waals surface area contributed by atoms with E-state index in [2.05, 4.69) is 0 Å². The van der Waals surface area contributed by atoms with Crippen LogP contribution in [0.2, 0.25) is 0 Å². The lowest BCUT2D eigenvalue weighted by Gasteiger charge is -2.14. The minimum Gasteiger partial charge on any atom is -0.496 e. The molecule has 12 heteroatoms. The summed E-state index contributed by atoms with van der Waals surface area (Å²) in [7, 11) is 1.32. The van der Waals surface area contributed by atoms with E-state index in [0.29, 0.717) is 4.90 Å². The number of carbonyl (C=O) groups excluding carboxylic acids is 3. The number of esters is 1. The predicted octanol–water partition coefficient (Wildman–Crippen LogP) is 3.67. The van der Waals surface area contributed by atoms with Crippen molar-refractivity contribution in [1.82, 2.24) is 0 Å². The zero-order chi connectivity index (χ0) is 25.3. The van der Waals surface area contributed by atoms with E-state index >= 15 is 0 Å². The molecule has 0 saturated carbocycles. The zero-order valence-corrected chi connectivity index (χ0v) is 18.0. The Bertz CT molecular complexity index is 1420. The van der Waals surface area contributed by atoms with Gasteiger partial charge in [-0.05, 0) is 36.4 Å². The van der Waals surface area contributed by atoms with E-state index in [1.54, 1.807) is 6.07 Å². The third-order valence-corrected chi connectivity index (χ3v) is 5.29. The number of nitrogens with zero attached hydrogens (tertiary/aromatic N) is 3. The van der Waals surface area contributed by atoms with E-state index in [9.17, 15) is 34.6 Å². The molecule has 35 heavy (non-hydrogen) atoms. The molecule has 2 amide bonds. The molecular weight excluding hydrogens is 462 g/mol. The Kier molecular flexibility index (Phi) is 5.94. The number of amides is 2. The number of hydrogen-bond donors (Lipinski definition) is 0. The van der Waals surface area contributed by atoms with E-state index in [0.717, 1.165) is 12.1 Å². The molecule has 3 aromatic carbocycles. The highest BCUT2D eigenvalue weighted by atomic mass is 16.6. The maximum atomic E-state index is 13.0. The third kappa shape index (κ3) is 4.15. The first kappa shape index (κ1) is 23.0. The van der Waals surface area contributed by atoms with Crippen LogP contribution in [0.1, 0.15) is 36.6 Å². The van der Waals surface area contributed by atoms with Gasteiger partial charge in [-0.2, -0.15) is 0 Å². The van der Waals surface area contributed by atoms with Crippen molar-refractivity contribution in [3.05, 3.63) is 103 Å². The highest BCUT2D eigenvalue weighted by Crippen LogP contribution is 2.37. The lowest BCUT2D eigenvalue weighted by Crippen LogP contribution is -2.30.